The third-order valence-corrected chi connectivity index (χ3v) is 4.51. The van der Waals surface area contributed by atoms with Gasteiger partial charge in [0.2, 0.25) is 0 Å². The topological polar surface area (TPSA) is 45.2 Å². The number of aliphatic hydroxyl groups excluding tert-OH is 1. The van der Waals surface area contributed by atoms with E-state index in [0.29, 0.717) is 25.1 Å². The maximum absolute atomic E-state index is 13.1. The maximum Gasteiger partial charge on any atom is 0.433 e. The minimum absolute atomic E-state index is 0.132. The van der Waals surface area contributed by atoms with Gasteiger partial charge in [0.1, 0.15) is 5.69 Å². The van der Waals surface area contributed by atoms with Crippen LogP contribution in [-0.2, 0) is 12.4 Å². The van der Waals surface area contributed by atoms with Crippen LogP contribution in [0.3, 0.4) is 0 Å². The van der Waals surface area contributed by atoms with Gasteiger partial charge in [-0.15, -0.1) is 0 Å². The van der Waals surface area contributed by atoms with Crippen LogP contribution in [0.1, 0.15) is 42.2 Å². The summed E-state index contributed by atoms with van der Waals surface area (Å²) in [5.74, 6) is 0. The molecule has 0 unspecified atom stereocenters. The van der Waals surface area contributed by atoms with E-state index in [1.165, 1.54) is 0 Å². The minimum Gasteiger partial charge on any atom is -0.387 e. The van der Waals surface area contributed by atoms with Crippen LogP contribution in [0.25, 0.3) is 10.9 Å². The third kappa shape index (κ3) is 3.78. The average molecular weight is 378 g/mol. The molecule has 0 amide bonds. The Kier molecular flexibility index (Phi) is 4.87. The molecule has 3 nitrogen and oxygen atoms in total. The van der Waals surface area contributed by atoms with Crippen molar-refractivity contribution in [3.8, 4) is 0 Å². The predicted molar refractivity (Wildman–Crippen MR) is 82.3 cm³/mol. The minimum atomic E-state index is -4.77. The molecule has 0 bridgehead atoms. The molecule has 26 heavy (non-hydrogen) atoms. The van der Waals surface area contributed by atoms with Crippen LogP contribution in [0.4, 0.5) is 26.3 Å². The molecule has 1 aromatic carbocycles. The van der Waals surface area contributed by atoms with Gasteiger partial charge >= 0.3 is 12.4 Å². The highest BCUT2D eigenvalue weighted by molar-refractivity contribution is 5.84. The lowest BCUT2D eigenvalue weighted by Gasteiger charge is -2.29. The van der Waals surface area contributed by atoms with E-state index >= 15 is 0 Å². The molecular weight excluding hydrogens is 362 g/mol. The smallest absolute Gasteiger partial charge is 0.387 e. The fourth-order valence-corrected chi connectivity index (χ4v) is 3.18. The van der Waals surface area contributed by atoms with Gasteiger partial charge < -0.3 is 10.4 Å². The Hall–Kier alpha value is -1.87. The number of hydrogen-bond acceptors (Lipinski definition) is 3. The van der Waals surface area contributed by atoms with E-state index in [4.69, 9.17) is 0 Å². The fraction of sp³-hybridized carbons (Fsp3) is 0.471. The van der Waals surface area contributed by atoms with Crippen LogP contribution in [0.5, 0.6) is 0 Å². The van der Waals surface area contributed by atoms with E-state index < -0.39 is 35.8 Å². The van der Waals surface area contributed by atoms with Crippen molar-refractivity contribution in [2.75, 3.05) is 6.54 Å². The molecule has 1 aromatic heterocycles. The first-order valence-electron chi connectivity index (χ1n) is 8.08. The van der Waals surface area contributed by atoms with E-state index in [1.807, 2.05) is 0 Å². The molecule has 1 aliphatic rings. The normalized spacial score (nSPS) is 20.3. The number of aliphatic hydroxyl groups is 1. The van der Waals surface area contributed by atoms with E-state index in [0.717, 1.165) is 25.0 Å². The number of hydrogen-bond donors (Lipinski definition) is 2. The Morgan fingerprint density at radius 1 is 1.04 bits per heavy atom. The van der Waals surface area contributed by atoms with Gasteiger partial charge in [-0.05, 0) is 49.2 Å². The molecule has 2 N–H and O–H groups in total. The first kappa shape index (κ1) is 18.9. The summed E-state index contributed by atoms with van der Waals surface area (Å²) in [6.07, 6.45) is -8.63. The Morgan fingerprint density at radius 2 is 1.77 bits per heavy atom. The Balaban J connectivity index is 2.18. The summed E-state index contributed by atoms with van der Waals surface area (Å²) < 4.78 is 78.4. The van der Waals surface area contributed by atoms with Crippen molar-refractivity contribution in [3.63, 3.8) is 0 Å². The summed E-state index contributed by atoms with van der Waals surface area (Å²) >= 11 is 0. The highest BCUT2D eigenvalue weighted by Gasteiger charge is 2.36. The standard InChI is InChI=1S/C17H16F6N2O/c18-16(19,20)9-4-5-12-10(7-9)11(8-14(25-12)17(21,22)23)15(26)13-3-1-2-6-24-13/h4-5,7-8,13,15,24,26H,1-3,6H2/t13-,15+/m0/s1. The molecule has 9 heteroatoms. The number of nitrogens with one attached hydrogen (secondary N) is 1. The average Bonchev–Trinajstić information content (AvgIpc) is 2.59. The van der Waals surface area contributed by atoms with E-state index in [2.05, 4.69) is 10.3 Å². The van der Waals surface area contributed by atoms with E-state index in [1.54, 1.807) is 0 Å². The number of benzene rings is 1. The van der Waals surface area contributed by atoms with Crippen molar-refractivity contribution in [1.82, 2.24) is 10.3 Å². The number of aromatic nitrogens is 1. The second-order valence-electron chi connectivity index (χ2n) is 6.33. The summed E-state index contributed by atoms with van der Waals surface area (Å²) in [7, 11) is 0. The van der Waals surface area contributed by atoms with Crippen molar-refractivity contribution >= 4 is 10.9 Å². The quantitative estimate of drug-likeness (QED) is 0.759. The predicted octanol–water partition coefficient (Wildman–Crippen LogP) is 4.45. The van der Waals surface area contributed by atoms with Gasteiger partial charge in [-0.3, -0.25) is 0 Å². The van der Waals surface area contributed by atoms with Crippen LogP contribution < -0.4 is 5.32 Å². The largest absolute Gasteiger partial charge is 0.433 e. The first-order valence-corrected chi connectivity index (χ1v) is 8.08. The SMILES string of the molecule is O[C@H](c1cc(C(F)(F)F)nc2ccc(C(F)(F)F)cc12)[C@@H]1CCCCN1. The first-order chi connectivity index (χ1) is 12.1. The lowest BCUT2D eigenvalue weighted by molar-refractivity contribution is -0.141. The van der Waals surface area contributed by atoms with Crippen LogP contribution in [0.15, 0.2) is 24.3 Å². The molecule has 1 fully saturated rings. The molecule has 3 rings (SSSR count). The molecule has 0 aliphatic carbocycles. The van der Waals surface area contributed by atoms with E-state index in [-0.39, 0.29) is 16.5 Å². The molecule has 1 aliphatic heterocycles. The van der Waals surface area contributed by atoms with Gasteiger partial charge in [0.25, 0.3) is 0 Å². The molecule has 0 saturated carbocycles. The number of nitrogens with zero attached hydrogens (tertiary/aromatic N) is 1. The van der Waals surface area contributed by atoms with Crippen molar-refractivity contribution in [1.29, 1.82) is 0 Å². The van der Waals surface area contributed by atoms with Gasteiger partial charge in [-0.1, -0.05) is 6.42 Å². The number of rotatable bonds is 2. The summed E-state index contributed by atoms with van der Waals surface area (Å²) in [6.45, 7) is 0.588. The van der Waals surface area contributed by atoms with Crippen LogP contribution >= 0.6 is 0 Å². The zero-order valence-corrected chi connectivity index (χ0v) is 13.5. The van der Waals surface area contributed by atoms with Crippen molar-refractivity contribution in [2.24, 2.45) is 0 Å². The van der Waals surface area contributed by atoms with Gasteiger partial charge in [0.15, 0.2) is 0 Å². The highest BCUT2D eigenvalue weighted by Crippen LogP contribution is 2.37. The monoisotopic (exact) mass is 378 g/mol. The summed E-state index contributed by atoms with van der Waals surface area (Å²) in [5, 5.41) is 13.5. The van der Waals surface area contributed by atoms with Crippen molar-refractivity contribution in [2.45, 2.75) is 43.8 Å². The fourth-order valence-electron chi connectivity index (χ4n) is 3.18. The van der Waals surface area contributed by atoms with Crippen molar-refractivity contribution < 1.29 is 31.4 Å². The zero-order valence-electron chi connectivity index (χ0n) is 13.5. The Bertz CT molecular complexity index is 796. The van der Waals surface area contributed by atoms with Gasteiger partial charge in [0, 0.05) is 11.4 Å². The molecule has 0 spiro atoms. The number of fused-ring (bicyclic) bond motifs is 1. The summed E-state index contributed by atoms with van der Waals surface area (Å²) in [4.78, 5) is 3.43. The van der Waals surface area contributed by atoms with E-state index in [9.17, 15) is 31.4 Å². The van der Waals surface area contributed by atoms with Crippen molar-refractivity contribution in [3.05, 3.63) is 41.1 Å². The molecule has 2 atom stereocenters. The third-order valence-electron chi connectivity index (χ3n) is 4.51. The van der Waals surface area contributed by atoms with Crippen LogP contribution in [-0.4, -0.2) is 22.7 Å². The van der Waals surface area contributed by atoms with Gasteiger partial charge in [-0.2, -0.15) is 26.3 Å². The van der Waals surface area contributed by atoms with Crippen LogP contribution in [0.2, 0.25) is 0 Å². The lowest BCUT2D eigenvalue weighted by Crippen LogP contribution is -2.39. The summed E-state index contributed by atoms with van der Waals surface area (Å²) in [5.41, 5.74) is -2.68. The second kappa shape index (κ2) is 6.70. The van der Waals surface area contributed by atoms with Gasteiger partial charge in [0.05, 0.1) is 17.2 Å². The number of alkyl halides is 6. The Labute approximate surface area is 145 Å². The Morgan fingerprint density at radius 3 is 2.35 bits per heavy atom. The summed E-state index contributed by atoms with van der Waals surface area (Å²) in [6, 6.07) is 2.44. The highest BCUT2D eigenvalue weighted by atomic mass is 19.4. The maximum atomic E-state index is 13.1. The number of halogens is 6. The lowest BCUT2D eigenvalue weighted by atomic mass is 9.92. The van der Waals surface area contributed by atoms with Crippen LogP contribution in [0, 0.1) is 0 Å². The second-order valence-corrected chi connectivity index (χ2v) is 6.33. The molecule has 0 radical (unpaired) electrons. The molecule has 2 aromatic rings. The van der Waals surface area contributed by atoms with Gasteiger partial charge in [-0.25, -0.2) is 4.98 Å². The molecule has 142 valence electrons. The molecular formula is C17H16F6N2O. The molecule has 2 heterocycles. The zero-order chi connectivity index (χ0) is 19.1. The molecule has 1 saturated heterocycles. The number of piperidine rings is 1. The number of pyridine rings is 1.